The van der Waals surface area contributed by atoms with E-state index in [4.69, 9.17) is 4.74 Å². The topological polar surface area (TPSA) is 9.23 Å². The molecule has 1 aliphatic heterocycles. The van der Waals surface area contributed by atoms with Gasteiger partial charge in [0.05, 0.1) is 12.2 Å². The fourth-order valence-electron chi connectivity index (χ4n) is 1.82. The zero-order valence-electron chi connectivity index (χ0n) is 11.6. The van der Waals surface area contributed by atoms with Crippen LogP contribution in [0.3, 0.4) is 0 Å². The summed E-state index contributed by atoms with van der Waals surface area (Å²) >= 11 is 0. The maximum atomic E-state index is 5.93. The minimum atomic E-state index is 0.230. The molecule has 0 aromatic carbocycles. The van der Waals surface area contributed by atoms with Crippen LogP contribution in [0.2, 0.25) is 0 Å². The summed E-state index contributed by atoms with van der Waals surface area (Å²) in [6.07, 6.45) is 1.73. The fraction of sp³-hybridized carbons (Fsp3) is 0.857. The van der Waals surface area contributed by atoms with Crippen molar-refractivity contribution in [3.63, 3.8) is 0 Å². The van der Waals surface area contributed by atoms with Crippen LogP contribution in [0.4, 0.5) is 0 Å². The molecule has 0 aliphatic carbocycles. The van der Waals surface area contributed by atoms with Crippen molar-refractivity contribution in [2.75, 3.05) is 0 Å². The van der Waals surface area contributed by atoms with Gasteiger partial charge in [-0.25, -0.2) is 0 Å². The van der Waals surface area contributed by atoms with Crippen LogP contribution in [0.25, 0.3) is 0 Å². The Morgan fingerprint density at radius 1 is 1.20 bits per heavy atom. The third kappa shape index (κ3) is 3.98. The van der Waals surface area contributed by atoms with E-state index in [2.05, 4.69) is 41.2 Å². The summed E-state index contributed by atoms with van der Waals surface area (Å²) in [5, 5.41) is 0. The summed E-state index contributed by atoms with van der Waals surface area (Å²) in [6.45, 7) is 19.1. The molecule has 1 heteroatoms. The highest BCUT2D eigenvalue weighted by Crippen LogP contribution is 2.36. The minimum Gasteiger partial charge on any atom is -0.370 e. The average molecular weight is 212 g/mol. The Hall–Kier alpha value is -0.300. The van der Waals surface area contributed by atoms with Gasteiger partial charge in [0.2, 0.25) is 0 Å². The van der Waals surface area contributed by atoms with Crippen LogP contribution < -0.4 is 0 Å². The number of rotatable bonds is 0. The molecule has 0 N–H and O–H groups in total. The van der Waals surface area contributed by atoms with Gasteiger partial charge in [0.15, 0.2) is 0 Å². The first-order chi connectivity index (χ1) is 6.82. The van der Waals surface area contributed by atoms with Crippen molar-refractivity contribution in [2.45, 2.75) is 67.1 Å². The summed E-state index contributed by atoms with van der Waals surface area (Å²) in [5.74, 6) is 0.605. The van der Waals surface area contributed by atoms with Crippen molar-refractivity contribution < 1.29 is 4.74 Å². The van der Waals surface area contributed by atoms with E-state index in [0.717, 1.165) is 6.42 Å². The summed E-state index contributed by atoms with van der Waals surface area (Å²) < 4.78 is 5.93. The second-order valence-corrected chi connectivity index (χ2v) is 5.34. The highest BCUT2D eigenvalue weighted by Gasteiger charge is 2.34. The SMILES string of the molecule is C=C1C(C)CC(C(C)(C)C)OC1C.CC. The Morgan fingerprint density at radius 2 is 1.67 bits per heavy atom. The molecule has 90 valence electrons. The van der Waals surface area contributed by atoms with Crippen LogP contribution in [-0.2, 0) is 4.74 Å². The standard InChI is InChI=1S/C12H22O.C2H6/c1-8-7-11(12(4,5)6)13-10(3)9(8)2;1-2/h8,10-11H,2,7H2,1,3-6H3;1-2H3. The molecule has 1 aliphatic rings. The fourth-order valence-corrected chi connectivity index (χ4v) is 1.82. The monoisotopic (exact) mass is 212 g/mol. The zero-order chi connectivity index (χ0) is 12.2. The van der Waals surface area contributed by atoms with Gasteiger partial charge in [-0.1, -0.05) is 48.1 Å². The van der Waals surface area contributed by atoms with Crippen LogP contribution in [0.1, 0.15) is 54.9 Å². The molecule has 1 saturated heterocycles. The molecular weight excluding hydrogens is 184 g/mol. The Morgan fingerprint density at radius 3 is 2.00 bits per heavy atom. The molecule has 3 atom stereocenters. The highest BCUT2D eigenvalue weighted by molar-refractivity contribution is 5.09. The molecule has 0 amide bonds. The first-order valence-electron chi connectivity index (χ1n) is 6.16. The predicted octanol–water partition coefficient (Wildman–Crippen LogP) is 4.43. The number of hydrogen-bond acceptors (Lipinski definition) is 1. The maximum absolute atomic E-state index is 5.93. The Bertz CT molecular complexity index is 186. The van der Waals surface area contributed by atoms with Gasteiger partial charge in [0, 0.05) is 0 Å². The summed E-state index contributed by atoms with van der Waals surface area (Å²) in [4.78, 5) is 0. The Labute approximate surface area is 95.9 Å². The number of hydrogen-bond donors (Lipinski definition) is 0. The Balaban J connectivity index is 0.000000921. The van der Waals surface area contributed by atoms with Crippen LogP contribution in [0.15, 0.2) is 12.2 Å². The lowest BCUT2D eigenvalue weighted by molar-refractivity contribution is -0.0783. The van der Waals surface area contributed by atoms with Crippen LogP contribution in [-0.4, -0.2) is 12.2 Å². The van der Waals surface area contributed by atoms with Gasteiger partial charge in [-0.2, -0.15) is 0 Å². The molecular formula is C14H28O. The van der Waals surface area contributed by atoms with Crippen molar-refractivity contribution >= 4 is 0 Å². The molecule has 1 fully saturated rings. The first-order valence-corrected chi connectivity index (χ1v) is 6.16. The minimum absolute atomic E-state index is 0.230. The molecule has 1 heterocycles. The van der Waals surface area contributed by atoms with Gasteiger partial charge < -0.3 is 4.74 Å². The molecule has 0 radical (unpaired) electrons. The van der Waals surface area contributed by atoms with Gasteiger partial charge in [-0.15, -0.1) is 0 Å². The summed E-state index contributed by atoms with van der Waals surface area (Å²) in [6, 6.07) is 0. The van der Waals surface area contributed by atoms with Crippen LogP contribution in [0, 0.1) is 11.3 Å². The normalized spacial score (nSPS) is 31.9. The molecule has 0 aromatic rings. The molecule has 1 rings (SSSR count). The van der Waals surface area contributed by atoms with Gasteiger partial charge in [-0.3, -0.25) is 0 Å². The van der Waals surface area contributed by atoms with E-state index in [1.165, 1.54) is 5.57 Å². The Kier molecular flexibility index (Phi) is 5.58. The summed E-state index contributed by atoms with van der Waals surface area (Å²) in [5.41, 5.74) is 1.50. The van der Waals surface area contributed by atoms with E-state index in [9.17, 15) is 0 Å². The van der Waals surface area contributed by atoms with Crippen molar-refractivity contribution in [1.82, 2.24) is 0 Å². The molecule has 1 nitrogen and oxygen atoms in total. The molecule has 0 aromatic heterocycles. The lowest BCUT2D eigenvalue weighted by atomic mass is 9.79. The second kappa shape index (κ2) is 5.69. The average Bonchev–Trinajstić information content (AvgIpc) is 2.15. The molecule has 3 unspecified atom stereocenters. The van der Waals surface area contributed by atoms with Crippen molar-refractivity contribution in [3.8, 4) is 0 Å². The molecule has 0 spiro atoms. The van der Waals surface area contributed by atoms with E-state index in [1.807, 2.05) is 13.8 Å². The van der Waals surface area contributed by atoms with E-state index in [-0.39, 0.29) is 11.5 Å². The van der Waals surface area contributed by atoms with E-state index in [1.54, 1.807) is 0 Å². The van der Waals surface area contributed by atoms with Gasteiger partial charge in [0.1, 0.15) is 0 Å². The van der Waals surface area contributed by atoms with Crippen molar-refractivity contribution in [1.29, 1.82) is 0 Å². The zero-order valence-corrected chi connectivity index (χ0v) is 11.6. The first kappa shape index (κ1) is 14.7. The third-order valence-corrected chi connectivity index (χ3v) is 3.06. The third-order valence-electron chi connectivity index (χ3n) is 3.06. The van der Waals surface area contributed by atoms with Gasteiger partial charge in [-0.05, 0) is 30.3 Å². The largest absolute Gasteiger partial charge is 0.370 e. The maximum Gasteiger partial charge on any atom is 0.0760 e. The van der Waals surface area contributed by atoms with Crippen molar-refractivity contribution in [2.24, 2.45) is 11.3 Å². The lowest BCUT2D eigenvalue weighted by Crippen LogP contribution is -2.39. The van der Waals surface area contributed by atoms with E-state index >= 15 is 0 Å². The second-order valence-electron chi connectivity index (χ2n) is 5.34. The van der Waals surface area contributed by atoms with Crippen molar-refractivity contribution in [3.05, 3.63) is 12.2 Å². The highest BCUT2D eigenvalue weighted by atomic mass is 16.5. The summed E-state index contributed by atoms with van der Waals surface area (Å²) in [7, 11) is 0. The molecule has 0 bridgehead atoms. The predicted molar refractivity (Wildman–Crippen MR) is 68.1 cm³/mol. The quantitative estimate of drug-likeness (QED) is 0.540. The van der Waals surface area contributed by atoms with E-state index in [0.29, 0.717) is 12.0 Å². The van der Waals surface area contributed by atoms with Crippen LogP contribution >= 0.6 is 0 Å². The molecule has 0 saturated carbocycles. The van der Waals surface area contributed by atoms with E-state index < -0.39 is 0 Å². The lowest BCUT2D eigenvalue weighted by Gasteiger charge is -2.41. The number of ether oxygens (including phenoxy) is 1. The smallest absolute Gasteiger partial charge is 0.0760 e. The van der Waals surface area contributed by atoms with Gasteiger partial charge >= 0.3 is 0 Å². The van der Waals surface area contributed by atoms with Crippen LogP contribution in [0.5, 0.6) is 0 Å². The van der Waals surface area contributed by atoms with Gasteiger partial charge in [0.25, 0.3) is 0 Å². The molecule has 15 heavy (non-hydrogen) atoms.